The maximum absolute atomic E-state index is 13.7. The molecule has 3 rings (SSSR count). The van der Waals surface area contributed by atoms with E-state index in [-0.39, 0.29) is 5.82 Å². The number of nitrogens with one attached hydrogen (secondary N) is 1. The number of imidazole rings is 1. The third-order valence-corrected chi connectivity index (χ3v) is 3.66. The minimum Gasteiger partial charge on any atom is -0.328 e. The van der Waals surface area contributed by atoms with Gasteiger partial charge in [0, 0.05) is 5.02 Å². The van der Waals surface area contributed by atoms with E-state index >= 15 is 0 Å². The highest BCUT2D eigenvalue weighted by Gasteiger charge is 2.12. The number of hydrogen-bond donors (Lipinski definition) is 1. The highest BCUT2D eigenvalue weighted by Crippen LogP contribution is 2.28. The zero-order valence-electron chi connectivity index (χ0n) is 9.45. The lowest BCUT2D eigenvalue weighted by Gasteiger charge is -2.07. The van der Waals surface area contributed by atoms with Gasteiger partial charge in [-0.3, -0.25) is 4.57 Å². The highest BCUT2D eigenvalue weighted by atomic mass is 35.5. The second-order valence-electron chi connectivity index (χ2n) is 4.00. The van der Waals surface area contributed by atoms with Crippen molar-refractivity contribution in [1.82, 2.24) is 9.55 Å². The average Bonchev–Trinajstić information content (AvgIpc) is 2.70. The molecule has 0 saturated carbocycles. The molecule has 0 unspecified atom stereocenters. The summed E-state index contributed by atoms with van der Waals surface area (Å²) in [4.78, 5) is 2.84. The van der Waals surface area contributed by atoms with Gasteiger partial charge in [-0.15, -0.1) is 0 Å². The van der Waals surface area contributed by atoms with E-state index in [0.29, 0.717) is 31.5 Å². The molecule has 0 atom stereocenters. The molecule has 0 aliphatic carbocycles. The van der Waals surface area contributed by atoms with Crippen LogP contribution in [0.25, 0.3) is 16.7 Å². The molecule has 6 heteroatoms. The lowest BCUT2D eigenvalue weighted by molar-refractivity contribution is 0.637. The molecule has 0 fully saturated rings. The van der Waals surface area contributed by atoms with E-state index in [0.717, 1.165) is 0 Å². The molecule has 0 aliphatic rings. The number of nitrogens with zero attached hydrogens (tertiary/aromatic N) is 1. The maximum atomic E-state index is 13.7. The fourth-order valence-corrected chi connectivity index (χ4v) is 2.66. The number of hydrogen-bond acceptors (Lipinski definition) is 1. The minimum absolute atomic E-state index is 0.351. The summed E-state index contributed by atoms with van der Waals surface area (Å²) in [5.41, 5.74) is 1.59. The van der Waals surface area contributed by atoms with E-state index in [1.807, 2.05) is 0 Å². The number of para-hydroxylation sites is 1. The van der Waals surface area contributed by atoms with Gasteiger partial charge in [0.15, 0.2) is 4.77 Å². The van der Waals surface area contributed by atoms with Gasteiger partial charge in [0.05, 0.1) is 16.2 Å². The van der Waals surface area contributed by atoms with Gasteiger partial charge >= 0.3 is 0 Å². The largest absolute Gasteiger partial charge is 0.328 e. The molecule has 1 heterocycles. The van der Waals surface area contributed by atoms with Gasteiger partial charge < -0.3 is 4.98 Å². The van der Waals surface area contributed by atoms with Gasteiger partial charge in [0.25, 0.3) is 0 Å². The van der Waals surface area contributed by atoms with Crippen LogP contribution in [0.1, 0.15) is 0 Å². The second kappa shape index (κ2) is 4.63. The Bertz CT molecular complexity index is 838. The molecule has 0 spiro atoms. The van der Waals surface area contributed by atoms with Crippen molar-refractivity contribution in [2.45, 2.75) is 0 Å². The van der Waals surface area contributed by atoms with Crippen molar-refractivity contribution < 1.29 is 4.39 Å². The van der Waals surface area contributed by atoms with E-state index in [1.165, 1.54) is 6.07 Å². The molecule has 3 aromatic rings. The standard InChI is InChI=1S/C13H7Cl2FN2S/c14-7-4-5-8(15)11(6-7)18-10-3-1-2-9(16)12(10)17-13(18)19/h1-6H,(H,17,19). The Hall–Kier alpha value is -1.36. The molecule has 2 aromatic carbocycles. The summed E-state index contributed by atoms with van der Waals surface area (Å²) in [6, 6.07) is 9.82. The lowest BCUT2D eigenvalue weighted by atomic mass is 10.2. The fraction of sp³-hybridized carbons (Fsp3) is 0. The summed E-state index contributed by atoms with van der Waals surface area (Å²) in [6.45, 7) is 0. The first kappa shape index (κ1) is 12.7. The maximum Gasteiger partial charge on any atom is 0.182 e. The number of H-pyrrole nitrogens is 1. The van der Waals surface area contributed by atoms with E-state index in [4.69, 9.17) is 35.4 Å². The molecular formula is C13H7Cl2FN2S. The van der Waals surface area contributed by atoms with E-state index in [9.17, 15) is 4.39 Å². The van der Waals surface area contributed by atoms with Crippen LogP contribution in [-0.4, -0.2) is 9.55 Å². The van der Waals surface area contributed by atoms with Crippen LogP contribution in [0.2, 0.25) is 10.0 Å². The number of rotatable bonds is 1. The van der Waals surface area contributed by atoms with Gasteiger partial charge in [-0.1, -0.05) is 29.3 Å². The summed E-state index contributed by atoms with van der Waals surface area (Å²) in [6.07, 6.45) is 0. The molecule has 0 saturated heterocycles. The van der Waals surface area contributed by atoms with Crippen LogP contribution < -0.4 is 0 Å². The van der Waals surface area contributed by atoms with Crippen LogP contribution in [-0.2, 0) is 0 Å². The quantitative estimate of drug-likeness (QED) is 0.617. The van der Waals surface area contributed by atoms with Crippen molar-refractivity contribution in [3.63, 3.8) is 0 Å². The summed E-state index contributed by atoms with van der Waals surface area (Å²) < 4.78 is 15.8. The first-order valence-electron chi connectivity index (χ1n) is 5.42. The third-order valence-electron chi connectivity index (χ3n) is 2.82. The molecule has 19 heavy (non-hydrogen) atoms. The Labute approximate surface area is 123 Å². The van der Waals surface area contributed by atoms with E-state index in [2.05, 4.69) is 4.98 Å². The fourth-order valence-electron chi connectivity index (χ4n) is 1.99. The first-order chi connectivity index (χ1) is 9.08. The Morgan fingerprint density at radius 3 is 2.74 bits per heavy atom. The smallest absolute Gasteiger partial charge is 0.182 e. The zero-order valence-corrected chi connectivity index (χ0v) is 11.8. The van der Waals surface area contributed by atoms with Gasteiger partial charge in [-0.25, -0.2) is 4.39 Å². The third kappa shape index (κ3) is 2.06. The second-order valence-corrected chi connectivity index (χ2v) is 5.23. The van der Waals surface area contributed by atoms with Crippen LogP contribution in [0.3, 0.4) is 0 Å². The van der Waals surface area contributed by atoms with Crippen molar-refractivity contribution in [1.29, 1.82) is 0 Å². The van der Waals surface area contributed by atoms with Crippen molar-refractivity contribution in [3.05, 3.63) is 57.0 Å². The topological polar surface area (TPSA) is 20.7 Å². The van der Waals surface area contributed by atoms with Gasteiger partial charge in [0.2, 0.25) is 0 Å². The molecule has 1 aromatic heterocycles. The lowest BCUT2D eigenvalue weighted by Crippen LogP contribution is -1.95. The van der Waals surface area contributed by atoms with Crippen LogP contribution in [0.15, 0.2) is 36.4 Å². The Morgan fingerprint density at radius 1 is 1.16 bits per heavy atom. The predicted octanol–water partition coefficient (Wildman–Crippen LogP) is 5.13. The summed E-state index contributed by atoms with van der Waals surface area (Å²) >= 11 is 17.4. The molecule has 0 bridgehead atoms. The van der Waals surface area contributed by atoms with Gasteiger partial charge in [0.1, 0.15) is 11.3 Å². The number of aromatic amines is 1. The van der Waals surface area contributed by atoms with Crippen LogP contribution in [0.5, 0.6) is 0 Å². The molecule has 0 amide bonds. The van der Waals surface area contributed by atoms with Crippen molar-refractivity contribution in [2.24, 2.45) is 0 Å². The molecule has 0 radical (unpaired) electrons. The number of fused-ring (bicyclic) bond motifs is 1. The van der Waals surface area contributed by atoms with Crippen molar-refractivity contribution >= 4 is 46.5 Å². The van der Waals surface area contributed by atoms with Crippen molar-refractivity contribution in [3.8, 4) is 5.69 Å². The van der Waals surface area contributed by atoms with Crippen LogP contribution in [0, 0.1) is 10.6 Å². The predicted molar refractivity (Wildman–Crippen MR) is 78.4 cm³/mol. The van der Waals surface area contributed by atoms with Crippen molar-refractivity contribution in [2.75, 3.05) is 0 Å². The SMILES string of the molecule is Fc1cccc2c1[nH]c(=S)n2-c1cc(Cl)ccc1Cl. The van der Waals surface area contributed by atoms with Gasteiger partial charge in [-0.2, -0.15) is 0 Å². The first-order valence-corrected chi connectivity index (χ1v) is 6.59. The molecule has 0 aliphatic heterocycles. The monoisotopic (exact) mass is 312 g/mol. The Balaban J connectivity index is 2.43. The van der Waals surface area contributed by atoms with E-state index in [1.54, 1.807) is 34.9 Å². The minimum atomic E-state index is -0.361. The number of halogens is 3. The Kier molecular flexibility index (Phi) is 3.09. The van der Waals surface area contributed by atoms with E-state index < -0.39 is 0 Å². The molecule has 2 nitrogen and oxygen atoms in total. The summed E-state index contributed by atoms with van der Waals surface area (Å²) in [5.74, 6) is -0.361. The molecule has 96 valence electrons. The molecule has 1 N–H and O–H groups in total. The average molecular weight is 313 g/mol. The Morgan fingerprint density at radius 2 is 1.95 bits per heavy atom. The van der Waals surface area contributed by atoms with Gasteiger partial charge in [-0.05, 0) is 42.5 Å². The molecular weight excluding hydrogens is 306 g/mol. The normalized spacial score (nSPS) is 11.1. The highest BCUT2D eigenvalue weighted by molar-refractivity contribution is 7.71. The summed E-state index contributed by atoms with van der Waals surface area (Å²) in [7, 11) is 0. The number of aromatic nitrogens is 2. The van der Waals surface area contributed by atoms with Crippen LogP contribution in [0.4, 0.5) is 4.39 Å². The van der Waals surface area contributed by atoms with Crippen LogP contribution >= 0.6 is 35.4 Å². The number of benzene rings is 2. The summed E-state index contributed by atoms with van der Waals surface area (Å²) in [5, 5.41) is 1.03. The zero-order chi connectivity index (χ0) is 13.6.